The van der Waals surface area contributed by atoms with Gasteiger partial charge in [0.1, 0.15) is 12.4 Å². The van der Waals surface area contributed by atoms with E-state index in [1.54, 1.807) is 13.2 Å². The van der Waals surface area contributed by atoms with Crippen LogP contribution in [0.2, 0.25) is 0 Å². The zero-order chi connectivity index (χ0) is 15.1. The molecule has 20 heavy (non-hydrogen) atoms. The van der Waals surface area contributed by atoms with Crippen molar-refractivity contribution in [1.29, 1.82) is 0 Å². The Hall–Kier alpha value is -1.71. The monoisotopic (exact) mass is 297 g/mol. The summed E-state index contributed by atoms with van der Waals surface area (Å²) in [5, 5.41) is 11.3. The summed E-state index contributed by atoms with van der Waals surface area (Å²) in [6, 6.07) is 3.38. The molecule has 108 valence electrons. The topological polar surface area (TPSA) is 66.4 Å². The van der Waals surface area contributed by atoms with Gasteiger partial charge in [-0.2, -0.15) is 0 Å². The molecule has 1 aromatic rings. The number of aliphatic hydroxyl groups is 1. The van der Waals surface area contributed by atoms with Gasteiger partial charge < -0.3 is 10.4 Å². The fraction of sp³-hybridized carbons (Fsp3) is 0.357. The van der Waals surface area contributed by atoms with E-state index < -0.39 is 22.5 Å². The maximum absolute atomic E-state index is 13.2. The van der Waals surface area contributed by atoms with Crippen molar-refractivity contribution in [3.8, 4) is 11.8 Å². The Morgan fingerprint density at radius 2 is 2.25 bits per heavy atom. The molecule has 1 aromatic carbocycles. The van der Waals surface area contributed by atoms with E-state index in [4.69, 9.17) is 5.11 Å². The molecule has 0 saturated heterocycles. The van der Waals surface area contributed by atoms with Crippen LogP contribution in [0.25, 0.3) is 0 Å². The van der Waals surface area contributed by atoms with Gasteiger partial charge in [0.25, 0.3) is 5.91 Å². The second-order valence-electron chi connectivity index (χ2n) is 4.26. The first-order chi connectivity index (χ1) is 9.43. The summed E-state index contributed by atoms with van der Waals surface area (Å²) < 4.78 is 24.3. The second kappa shape index (κ2) is 7.78. The van der Waals surface area contributed by atoms with Crippen molar-refractivity contribution in [1.82, 2.24) is 5.32 Å². The van der Waals surface area contributed by atoms with Crippen molar-refractivity contribution in [2.24, 2.45) is 0 Å². The highest BCUT2D eigenvalue weighted by molar-refractivity contribution is 7.84. The number of benzene rings is 1. The summed E-state index contributed by atoms with van der Waals surface area (Å²) in [6.07, 6.45) is 1.55. The fourth-order valence-corrected chi connectivity index (χ4v) is 2.44. The van der Waals surface area contributed by atoms with Crippen LogP contribution in [0.4, 0.5) is 4.39 Å². The van der Waals surface area contributed by atoms with Crippen molar-refractivity contribution < 1.29 is 18.5 Å². The molecule has 6 heteroatoms. The molecule has 0 aliphatic rings. The van der Waals surface area contributed by atoms with Crippen LogP contribution in [-0.2, 0) is 10.8 Å². The van der Waals surface area contributed by atoms with Gasteiger partial charge in [0.05, 0.1) is 5.56 Å². The van der Waals surface area contributed by atoms with Crippen LogP contribution in [0, 0.1) is 17.7 Å². The highest BCUT2D eigenvalue weighted by Crippen LogP contribution is 2.10. The molecule has 4 nitrogen and oxygen atoms in total. The Kier molecular flexibility index (Phi) is 6.36. The Morgan fingerprint density at radius 3 is 2.85 bits per heavy atom. The minimum absolute atomic E-state index is 0.210. The molecular formula is C14H16FNO3S. The third-order valence-corrected chi connectivity index (χ3v) is 3.36. The lowest BCUT2D eigenvalue weighted by molar-refractivity contribution is 0.0943. The van der Waals surface area contributed by atoms with E-state index >= 15 is 0 Å². The number of hydrogen-bond acceptors (Lipinski definition) is 3. The van der Waals surface area contributed by atoms with Crippen LogP contribution in [0.3, 0.4) is 0 Å². The molecule has 0 spiro atoms. The van der Waals surface area contributed by atoms with E-state index in [1.807, 2.05) is 0 Å². The molecule has 1 amide bonds. The molecule has 2 unspecified atom stereocenters. The highest BCUT2D eigenvalue weighted by Gasteiger charge is 2.14. The zero-order valence-corrected chi connectivity index (χ0v) is 12.1. The highest BCUT2D eigenvalue weighted by atomic mass is 32.2. The maximum Gasteiger partial charge on any atom is 0.252 e. The SMILES string of the molecule is CC(CS(C)=O)NC(=O)c1ccc(F)cc1C#CCO. The summed E-state index contributed by atoms with van der Waals surface area (Å²) in [5.41, 5.74) is 0.433. The molecule has 0 aliphatic carbocycles. The standard InChI is InChI=1S/C14H16FNO3S/c1-10(9-20(2)19)16-14(18)13-6-5-12(15)8-11(13)4-3-7-17/h5-6,8,10,17H,7,9H2,1-2H3,(H,16,18). The van der Waals surface area contributed by atoms with Crippen molar-refractivity contribution in [3.63, 3.8) is 0 Å². The Labute approximate surface area is 119 Å². The smallest absolute Gasteiger partial charge is 0.252 e. The summed E-state index contributed by atoms with van der Waals surface area (Å²) in [6.45, 7) is 1.37. The minimum atomic E-state index is -1.02. The second-order valence-corrected chi connectivity index (χ2v) is 5.74. The van der Waals surface area contributed by atoms with E-state index in [0.717, 1.165) is 6.07 Å². The first-order valence-electron chi connectivity index (χ1n) is 5.94. The van der Waals surface area contributed by atoms with Gasteiger partial charge in [-0.25, -0.2) is 4.39 Å². The zero-order valence-electron chi connectivity index (χ0n) is 11.3. The average molecular weight is 297 g/mol. The van der Waals surface area contributed by atoms with Gasteiger partial charge in [-0.1, -0.05) is 11.8 Å². The molecule has 0 saturated carbocycles. The van der Waals surface area contributed by atoms with Gasteiger partial charge >= 0.3 is 0 Å². The van der Waals surface area contributed by atoms with Gasteiger partial charge in [0.15, 0.2) is 0 Å². The normalized spacial score (nSPS) is 13.0. The molecule has 2 atom stereocenters. The van der Waals surface area contributed by atoms with E-state index in [2.05, 4.69) is 17.2 Å². The summed E-state index contributed by atoms with van der Waals surface area (Å²) in [7, 11) is -1.02. The van der Waals surface area contributed by atoms with Gasteiger partial charge in [-0.3, -0.25) is 9.00 Å². The first kappa shape index (κ1) is 16.3. The average Bonchev–Trinajstić information content (AvgIpc) is 2.35. The minimum Gasteiger partial charge on any atom is -0.384 e. The van der Waals surface area contributed by atoms with Gasteiger partial charge in [-0.15, -0.1) is 0 Å². The molecule has 0 radical (unpaired) electrons. The number of nitrogens with one attached hydrogen (secondary N) is 1. The van der Waals surface area contributed by atoms with Crippen molar-refractivity contribution >= 4 is 16.7 Å². The van der Waals surface area contributed by atoms with Gasteiger partial charge in [0.2, 0.25) is 0 Å². The molecule has 2 N–H and O–H groups in total. The van der Waals surface area contributed by atoms with Crippen LogP contribution < -0.4 is 5.32 Å². The summed E-state index contributed by atoms with van der Waals surface area (Å²) in [5.74, 6) is 4.34. The van der Waals surface area contributed by atoms with Crippen LogP contribution in [0.1, 0.15) is 22.8 Å². The molecule has 0 aromatic heterocycles. The van der Waals surface area contributed by atoms with E-state index in [-0.39, 0.29) is 23.8 Å². The molecule has 0 fully saturated rings. The third kappa shape index (κ3) is 5.11. The predicted molar refractivity (Wildman–Crippen MR) is 76.2 cm³/mol. The van der Waals surface area contributed by atoms with E-state index in [0.29, 0.717) is 5.75 Å². The molecule has 0 aliphatic heterocycles. The summed E-state index contributed by atoms with van der Waals surface area (Å²) in [4.78, 5) is 12.1. The Bertz CT molecular complexity index is 578. The number of aliphatic hydroxyl groups excluding tert-OH is 1. The lowest BCUT2D eigenvalue weighted by Gasteiger charge is -2.13. The van der Waals surface area contributed by atoms with Crippen LogP contribution >= 0.6 is 0 Å². The van der Waals surface area contributed by atoms with Crippen molar-refractivity contribution in [2.75, 3.05) is 18.6 Å². The van der Waals surface area contributed by atoms with Gasteiger partial charge in [-0.05, 0) is 25.1 Å². The Balaban J connectivity index is 2.94. The number of amides is 1. The summed E-state index contributed by atoms with van der Waals surface area (Å²) >= 11 is 0. The quantitative estimate of drug-likeness (QED) is 0.803. The molecule has 0 heterocycles. The number of hydrogen-bond donors (Lipinski definition) is 2. The predicted octanol–water partition coefficient (Wildman–Crippen LogP) is 0.666. The number of rotatable bonds is 4. The van der Waals surface area contributed by atoms with Crippen LogP contribution in [0.15, 0.2) is 18.2 Å². The van der Waals surface area contributed by atoms with Crippen LogP contribution in [0.5, 0.6) is 0 Å². The van der Waals surface area contributed by atoms with Crippen molar-refractivity contribution in [2.45, 2.75) is 13.0 Å². The van der Waals surface area contributed by atoms with E-state index in [1.165, 1.54) is 12.1 Å². The van der Waals surface area contributed by atoms with Crippen molar-refractivity contribution in [3.05, 3.63) is 35.1 Å². The lowest BCUT2D eigenvalue weighted by Crippen LogP contribution is -2.36. The third-order valence-electron chi connectivity index (χ3n) is 2.39. The fourth-order valence-electron chi connectivity index (χ4n) is 1.65. The molecule has 0 bridgehead atoms. The largest absolute Gasteiger partial charge is 0.384 e. The molecular weight excluding hydrogens is 281 g/mol. The first-order valence-corrected chi connectivity index (χ1v) is 7.67. The number of carbonyl (C=O) groups is 1. The molecule has 1 rings (SSSR count). The maximum atomic E-state index is 13.2. The van der Waals surface area contributed by atoms with E-state index in [9.17, 15) is 13.4 Å². The number of halogens is 1. The van der Waals surface area contributed by atoms with Crippen LogP contribution in [-0.4, -0.2) is 39.9 Å². The number of carbonyl (C=O) groups excluding carboxylic acids is 1. The van der Waals surface area contributed by atoms with Gasteiger partial charge in [0, 0.05) is 34.4 Å². The lowest BCUT2D eigenvalue weighted by atomic mass is 10.1. The Morgan fingerprint density at radius 1 is 1.55 bits per heavy atom.